The molecule has 2 aliphatic heterocycles. The Labute approximate surface area is 194 Å². The molecule has 1 N–H and O–H groups in total. The maximum atomic E-state index is 5.79. The maximum Gasteiger partial charge on any atom is 0.170 e. The molecular formula is C26H28N4OS. The summed E-state index contributed by atoms with van der Waals surface area (Å²) >= 11 is 5.79. The van der Waals surface area contributed by atoms with E-state index in [4.69, 9.17) is 16.6 Å². The van der Waals surface area contributed by atoms with Gasteiger partial charge in [-0.15, -0.1) is 0 Å². The Morgan fingerprint density at radius 1 is 1.16 bits per heavy atom. The predicted octanol–water partition coefficient (Wildman–Crippen LogP) is 5.48. The molecule has 1 fully saturated rings. The van der Waals surface area contributed by atoms with Crippen LogP contribution in [0.25, 0.3) is 5.57 Å². The van der Waals surface area contributed by atoms with Crippen LogP contribution in [0.4, 0.5) is 5.69 Å². The van der Waals surface area contributed by atoms with Gasteiger partial charge >= 0.3 is 0 Å². The average molecular weight is 445 g/mol. The third-order valence-electron chi connectivity index (χ3n) is 6.69. The lowest BCUT2D eigenvalue weighted by Gasteiger charge is -2.41. The van der Waals surface area contributed by atoms with E-state index in [9.17, 15) is 0 Å². The van der Waals surface area contributed by atoms with Crippen LogP contribution < -0.4 is 10.2 Å². The number of anilines is 1. The number of aromatic nitrogens is 1. The molecule has 32 heavy (non-hydrogen) atoms. The normalized spacial score (nSPS) is 21.9. The number of rotatable bonds is 4. The fourth-order valence-corrected chi connectivity index (χ4v) is 5.18. The minimum absolute atomic E-state index is 0.000780. The summed E-state index contributed by atoms with van der Waals surface area (Å²) in [6.45, 7) is 7.29. The van der Waals surface area contributed by atoms with Crippen molar-refractivity contribution in [2.24, 2.45) is 0 Å². The van der Waals surface area contributed by atoms with Crippen molar-refractivity contribution < 1.29 is 4.42 Å². The number of pyridine rings is 1. The minimum atomic E-state index is -0.0428. The van der Waals surface area contributed by atoms with Crippen molar-refractivity contribution in [2.75, 3.05) is 11.9 Å². The highest BCUT2D eigenvalue weighted by Gasteiger charge is 2.40. The fraction of sp³-hybridized carbons (Fsp3) is 0.308. The second kappa shape index (κ2) is 7.78. The van der Waals surface area contributed by atoms with Crippen LogP contribution in [-0.4, -0.2) is 27.6 Å². The van der Waals surface area contributed by atoms with E-state index < -0.39 is 0 Å². The molecule has 0 spiro atoms. The van der Waals surface area contributed by atoms with Crippen LogP contribution >= 0.6 is 12.2 Å². The Bertz CT molecular complexity index is 1170. The van der Waals surface area contributed by atoms with Crippen LogP contribution in [0.2, 0.25) is 0 Å². The van der Waals surface area contributed by atoms with E-state index in [1.807, 2.05) is 30.5 Å². The molecule has 3 aromatic rings. The number of fused-ring (bicyclic) bond motifs is 1. The first kappa shape index (κ1) is 20.8. The van der Waals surface area contributed by atoms with Gasteiger partial charge in [-0.3, -0.25) is 4.98 Å². The van der Waals surface area contributed by atoms with E-state index in [1.54, 1.807) is 6.26 Å². The molecule has 164 valence electrons. The van der Waals surface area contributed by atoms with Crippen molar-refractivity contribution in [1.82, 2.24) is 15.2 Å². The number of thiocarbonyl (C=S) groups is 1. The zero-order valence-electron chi connectivity index (χ0n) is 18.9. The molecule has 2 aliphatic rings. The van der Waals surface area contributed by atoms with Crippen LogP contribution in [0.5, 0.6) is 0 Å². The SMILES string of the molecule is CC1=CC(C)(C)N(C)c2ccc([C@H]3[C@H](c4ccccn4)NC(=S)N3Cc3ccco3)cc21. The molecule has 5 rings (SSSR count). The summed E-state index contributed by atoms with van der Waals surface area (Å²) in [5.41, 5.74) is 5.98. The number of likely N-dealkylation sites (N-methyl/N-ethyl adjacent to an activating group) is 1. The zero-order valence-corrected chi connectivity index (χ0v) is 19.7. The summed E-state index contributed by atoms with van der Waals surface area (Å²) in [7, 11) is 2.16. The highest BCUT2D eigenvalue weighted by atomic mass is 32.1. The molecule has 2 atom stereocenters. The van der Waals surface area contributed by atoms with Gasteiger partial charge in [-0.1, -0.05) is 18.2 Å². The molecule has 4 heterocycles. The van der Waals surface area contributed by atoms with Crippen LogP contribution in [0.1, 0.15) is 55.4 Å². The van der Waals surface area contributed by atoms with Gasteiger partial charge in [-0.2, -0.15) is 0 Å². The zero-order chi connectivity index (χ0) is 22.5. The molecule has 5 nitrogen and oxygen atoms in total. The maximum absolute atomic E-state index is 5.79. The van der Waals surface area contributed by atoms with Gasteiger partial charge in [0, 0.05) is 24.5 Å². The molecule has 0 aliphatic carbocycles. The van der Waals surface area contributed by atoms with Gasteiger partial charge in [-0.25, -0.2) is 0 Å². The first-order chi connectivity index (χ1) is 15.3. The van der Waals surface area contributed by atoms with Crippen molar-refractivity contribution in [3.63, 3.8) is 0 Å². The van der Waals surface area contributed by atoms with Crippen molar-refractivity contribution >= 4 is 28.6 Å². The van der Waals surface area contributed by atoms with Crippen LogP contribution in [-0.2, 0) is 6.54 Å². The van der Waals surface area contributed by atoms with Gasteiger partial charge in [0.25, 0.3) is 0 Å². The molecule has 1 saturated heterocycles. The van der Waals surface area contributed by atoms with E-state index in [0.29, 0.717) is 11.7 Å². The first-order valence-corrected chi connectivity index (χ1v) is 11.3. The second-order valence-electron chi connectivity index (χ2n) is 9.15. The molecular weight excluding hydrogens is 416 g/mol. The monoisotopic (exact) mass is 444 g/mol. The lowest BCUT2D eigenvalue weighted by atomic mass is 9.86. The number of hydrogen-bond donors (Lipinski definition) is 1. The Morgan fingerprint density at radius 2 is 2.00 bits per heavy atom. The number of allylic oxidation sites excluding steroid dienone is 1. The van der Waals surface area contributed by atoms with Gasteiger partial charge in [-0.05, 0) is 80.5 Å². The Hall–Kier alpha value is -3.12. The number of nitrogens with zero attached hydrogens (tertiary/aromatic N) is 3. The Kier molecular flexibility index (Phi) is 5.05. The number of benzene rings is 1. The molecule has 0 saturated carbocycles. The Balaban J connectivity index is 1.60. The molecule has 1 aromatic carbocycles. The number of hydrogen-bond acceptors (Lipinski definition) is 4. The van der Waals surface area contributed by atoms with Crippen molar-refractivity contribution in [2.45, 2.75) is 44.9 Å². The molecule has 2 aromatic heterocycles. The van der Waals surface area contributed by atoms with Crippen LogP contribution in [0.3, 0.4) is 0 Å². The van der Waals surface area contributed by atoms with Crippen LogP contribution in [0, 0.1) is 0 Å². The largest absolute Gasteiger partial charge is 0.467 e. The van der Waals surface area contributed by atoms with E-state index in [-0.39, 0.29) is 17.6 Å². The third kappa shape index (κ3) is 3.48. The minimum Gasteiger partial charge on any atom is -0.467 e. The first-order valence-electron chi connectivity index (χ1n) is 10.9. The van der Waals surface area contributed by atoms with E-state index in [1.165, 1.54) is 22.4 Å². The predicted molar refractivity (Wildman–Crippen MR) is 132 cm³/mol. The van der Waals surface area contributed by atoms with E-state index in [2.05, 4.69) is 78.3 Å². The smallest absolute Gasteiger partial charge is 0.170 e. The molecule has 0 amide bonds. The topological polar surface area (TPSA) is 44.5 Å². The van der Waals surface area contributed by atoms with Crippen molar-refractivity contribution in [1.29, 1.82) is 0 Å². The molecule has 0 unspecified atom stereocenters. The Morgan fingerprint density at radius 3 is 2.72 bits per heavy atom. The highest BCUT2D eigenvalue weighted by Crippen LogP contribution is 2.44. The summed E-state index contributed by atoms with van der Waals surface area (Å²) in [6, 6.07) is 16.7. The van der Waals surface area contributed by atoms with Crippen molar-refractivity contribution in [3.8, 4) is 0 Å². The summed E-state index contributed by atoms with van der Waals surface area (Å²) in [5, 5.41) is 4.24. The van der Waals surface area contributed by atoms with E-state index in [0.717, 1.165) is 11.5 Å². The molecule has 6 heteroatoms. The average Bonchev–Trinajstić information content (AvgIpc) is 3.41. The second-order valence-corrected chi connectivity index (χ2v) is 9.54. The van der Waals surface area contributed by atoms with Gasteiger partial charge in [0.2, 0.25) is 0 Å². The fourth-order valence-electron chi connectivity index (χ4n) is 4.87. The standard InChI is InChI=1S/C26H28N4OS/c1-17-15-26(2,3)29(4)22-11-10-18(14-20(17)22)24-23(21-9-5-6-12-27-21)28-25(32)30(24)16-19-8-7-13-31-19/h5-15,23-24H,16H2,1-4H3,(H,28,32)/t23-,24-/m0/s1. The lowest BCUT2D eigenvalue weighted by Crippen LogP contribution is -2.42. The van der Waals surface area contributed by atoms with Gasteiger partial charge in [0.1, 0.15) is 5.76 Å². The summed E-state index contributed by atoms with van der Waals surface area (Å²) in [6.07, 6.45) is 5.88. The van der Waals surface area contributed by atoms with Gasteiger partial charge < -0.3 is 19.5 Å². The van der Waals surface area contributed by atoms with Crippen molar-refractivity contribution in [3.05, 3.63) is 89.6 Å². The summed E-state index contributed by atoms with van der Waals surface area (Å²) in [5.74, 6) is 0.886. The van der Waals surface area contributed by atoms with E-state index >= 15 is 0 Å². The van der Waals surface area contributed by atoms with Gasteiger partial charge in [0.15, 0.2) is 5.11 Å². The summed E-state index contributed by atoms with van der Waals surface area (Å²) < 4.78 is 5.65. The quantitative estimate of drug-likeness (QED) is 0.538. The number of furan rings is 1. The van der Waals surface area contributed by atoms with Gasteiger partial charge in [0.05, 0.1) is 36.1 Å². The van der Waals surface area contributed by atoms with Crippen LogP contribution in [0.15, 0.2) is 71.5 Å². The highest BCUT2D eigenvalue weighted by molar-refractivity contribution is 7.80. The molecule has 0 radical (unpaired) electrons. The summed E-state index contributed by atoms with van der Waals surface area (Å²) in [4.78, 5) is 9.20. The number of nitrogens with one attached hydrogen (secondary N) is 1. The lowest BCUT2D eigenvalue weighted by molar-refractivity contribution is 0.287. The molecule has 0 bridgehead atoms. The third-order valence-corrected chi connectivity index (χ3v) is 7.04.